The summed E-state index contributed by atoms with van der Waals surface area (Å²) in [6.45, 7) is 1.80. The van der Waals surface area contributed by atoms with Gasteiger partial charge in [-0.15, -0.1) is 0 Å². The molecule has 0 fully saturated rings. The van der Waals surface area contributed by atoms with Crippen molar-refractivity contribution >= 4 is 44.0 Å². The Labute approximate surface area is 141 Å². The van der Waals surface area contributed by atoms with Gasteiger partial charge in [0.25, 0.3) is 5.69 Å². The number of nitro groups is 1. The number of nitrogens with zero attached hydrogens (tertiary/aromatic N) is 1. The van der Waals surface area contributed by atoms with Crippen LogP contribution in [0.3, 0.4) is 0 Å². The molecule has 0 radical (unpaired) electrons. The molecular weight excluding hydrogens is 419 g/mol. The molecule has 2 rings (SSSR count). The van der Waals surface area contributed by atoms with Gasteiger partial charge in [0.2, 0.25) is 10.0 Å². The largest absolute Gasteiger partial charge is 0.283 e. The molecule has 0 heterocycles. The van der Waals surface area contributed by atoms with Crippen LogP contribution in [-0.4, -0.2) is 13.3 Å². The van der Waals surface area contributed by atoms with Gasteiger partial charge in [0.05, 0.1) is 10.6 Å². The number of aryl methyl sites for hydroxylation is 1. The second-order valence-electron chi connectivity index (χ2n) is 4.71. The van der Waals surface area contributed by atoms with Crippen molar-refractivity contribution in [2.75, 3.05) is 4.72 Å². The summed E-state index contributed by atoms with van der Waals surface area (Å²) in [4.78, 5) is 10.4. The Kier molecular flexibility index (Phi) is 5.01. The van der Waals surface area contributed by atoms with E-state index in [0.717, 1.165) is 9.13 Å². The maximum absolute atomic E-state index is 12.2. The van der Waals surface area contributed by atoms with E-state index in [1.54, 1.807) is 25.1 Å². The van der Waals surface area contributed by atoms with Crippen molar-refractivity contribution in [3.05, 3.63) is 67.3 Å². The Morgan fingerprint density at radius 1 is 1.23 bits per heavy atom. The van der Waals surface area contributed by atoms with Gasteiger partial charge in [-0.2, -0.15) is 0 Å². The van der Waals surface area contributed by atoms with Gasteiger partial charge in [0.15, 0.2) is 0 Å². The van der Waals surface area contributed by atoms with E-state index in [1.165, 1.54) is 18.2 Å². The van der Waals surface area contributed by atoms with Crippen LogP contribution in [0.1, 0.15) is 11.1 Å². The third-order valence-corrected chi connectivity index (χ3v) is 4.88. The molecule has 1 N–H and O–H groups in total. The number of hydrogen-bond acceptors (Lipinski definition) is 4. The predicted octanol–water partition coefficient (Wildman–Crippen LogP) is 3.45. The Morgan fingerprint density at radius 3 is 2.55 bits per heavy atom. The summed E-state index contributed by atoms with van der Waals surface area (Å²) >= 11 is 2.14. The molecule has 0 aromatic heterocycles. The van der Waals surface area contributed by atoms with Gasteiger partial charge in [-0.25, -0.2) is 8.42 Å². The molecule has 6 nitrogen and oxygen atoms in total. The first-order valence-electron chi connectivity index (χ1n) is 6.27. The van der Waals surface area contributed by atoms with Gasteiger partial charge in [0.1, 0.15) is 5.75 Å². The summed E-state index contributed by atoms with van der Waals surface area (Å²) < 4.78 is 28.0. The molecule has 0 unspecified atom stereocenters. The number of nitrogens with one attached hydrogen (secondary N) is 1. The lowest BCUT2D eigenvalue weighted by molar-refractivity contribution is -0.385. The zero-order valence-electron chi connectivity index (χ0n) is 11.6. The van der Waals surface area contributed by atoms with Gasteiger partial charge in [-0.05, 0) is 53.3 Å². The molecule has 0 aliphatic rings. The Balaban J connectivity index is 2.27. The standard InChI is InChI=1S/C14H13IN2O4S/c1-10-8-12(15)6-7-13(10)16-22(20,21)9-11-4-2-3-5-14(11)17(18)19/h2-8,16H,9H2,1H3. The highest BCUT2D eigenvalue weighted by molar-refractivity contribution is 14.1. The minimum Gasteiger partial charge on any atom is -0.283 e. The Bertz CT molecular complexity index is 821. The molecule has 0 bridgehead atoms. The number of para-hydroxylation sites is 1. The fourth-order valence-electron chi connectivity index (χ4n) is 1.96. The first-order chi connectivity index (χ1) is 10.3. The summed E-state index contributed by atoms with van der Waals surface area (Å²) in [5.41, 5.74) is 1.22. The van der Waals surface area contributed by atoms with Crippen molar-refractivity contribution in [3.8, 4) is 0 Å². The summed E-state index contributed by atoms with van der Waals surface area (Å²) in [5.74, 6) is -0.449. The first-order valence-corrected chi connectivity index (χ1v) is 9.00. The fourth-order valence-corrected chi connectivity index (χ4v) is 3.90. The summed E-state index contributed by atoms with van der Waals surface area (Å²) in [6.07, 6.45) is 0. The van der Waals surface area contributed by atoms with E-state index in [2.05, 4.69) is 27.3 Å². The van der Waals surface area contributed by atoms with E-state index in [4.69, 9.17) is 0 Å². The van der Waals surface area contributed by atoms with Crippen LogP contribution in [0.4, 0.5) is 11.4 Å². The third-order valence-electron chi connectivity index (χ3n) is 2.99. The van der Waals surface area contributed by atoms with Crippen LogP contribution in [0.5, 0.6) is 0 Å². The maximum atomic E-state index is 12.2. The van der Waals surface area contributed by atoms with Crippen molar-refractivity contribution in [1.82, 2.24) is 0 Å². The number of rotatable bonds is 5. The van der Waals surface area contributed by atoms with Crippen molar-refractivity contribution in [1.29, 1.82) is 0 Å². The number of nitro benzene ring substituents is 1. The monoisotopic (exact) mass is 432 g/mol. The minimum absolute atomic E-state index is 0.156. The van der Waals surface area contributed by atoms with E-state index in [1.807, 2.05) is 6.07 Å². The summed E-state index contributed by atoms with van der Waals surface area (Å²) in [6, 6.07) is 11.1. The molecule has 0 amide bonds. The van der Waals surface area contributed by atoms with Crippen LogP contribution in [0.25, 0.3) is 0 Å². The highest BCUT2D eigenvalue weighted by atomic mass is 127. The SMILES string of the molecule is Cc1cc(I)ccc1NS(=O)(=O)Cc1ccccc1[N+](=O)[O-]. The van der Waals surface area contributed by atoms with Crippen molar-refractivity contribution in [3.63, 3.8) is 0 Å². The van der Waals surface area contributed by atoms with Crippen LogP contribution in [-0.2, 0) is 15.8 Å². The van der Waals surface area contributed by atoms with Gasteiger partial charge in [-0.3, -0.25) is 14.8 Å². The van der Waals surface area contributed by atoms with Crippen LogP contribution in [0.15, 0.2) is 42.5 Å². The summed E-state index contributed by atoms with van der Waals surface area (Å²) in [7, 11) is -3.74. The smallest absolute Gasteiger partial charge is 0.273 e. The highest BCUT2D eigenvalue weighted by Gasteiger charge is 2.20. The molecule has 2 aromatic carbocycles. The zero-order chi connectivity index (χ0) is 16.3. The molecular formula is C14H13IN2O4S. The highest BCUT2D eigenvalue weighted by Crippen LogP contribution is 2.23. The molecule has 0 aliphatic heterocycles. The number of hydrogen-bond donors (Lipinski definition) is 1. The van der Waals surface area contributed by atoms with Crippen LogP contribution >= 0.6 is 22.6 Å². The molecule has 0 saturated carbocycles. The topological polar surface area (TPSA) is 89.3 Å². The number of anilines is 1. The number of sulfonamides is 1. The van der Waals surface area contributed by atoms with Crippen molar-refractivity contribution in [2.24, 2.45) is 0 Å². The quantitative estimate of drug-likeness (QED) is 0.445. The second-order valence-corrected chi connectivity index (χ2v) is 7.67. The molecule has 8 heteroatoms. The lowest BCUT2D eigenvalue weighted by atomic mass is 10.2. The zero-order valence-corrected chi connectivity index (χ0v) is 14.6. The van der Waals surface area contributed by atoms with Gasteiger partial charge < -0.3 is 0 Å². The van der Waals surface area contributed by atoms with Gasteiger partial charge in [-0.1, -0.05) is 18.2 Å². The van der Waals surface area contributed by atoms with Crippen LogP contribution < -0.4 is 4.72 Å². The van der Waals surface area contributed by atoms with E-state index < -0.39 is 20.7 Å². The minimum atomic E-state index is -3.74. The van der Waals surface area contributed by atoms with E-state index in [-0.39, 0.29) is 11.3 Å². The van der Waals surface area contributed by atoms with Gasteiger partial charge >= 0.3 is 0 Å². The van der Waals surface area contributed by atoms with Crippen LogP contribution in [0, 0.1) is 20.6 Å². The molecule has 0 saturated heterocycles. The molecule has 116 valence electrons. The summed E-state index contributed by atoms with van der Waals surface area (Å²) in [5, 5.41) is 10.9. The Morgan fingerprint density at radius 2 is 1.91 bits per heavy atom. The van der Waals surface area contributed by atoms with Crippen molar-refractivity contribution in [2.45, 2.75) is 12.7 Å². The molecule has 0 spiro atoms. The third kappa shape index (κ3) is 4.17. The second kappa shape index (κ2) is 6.61. The molecule has 22 heavy (non-hydrogen) atoms. The Hall–Kier alpha value is -1.68. The lowest BCUT2D eigenvalue weighted by Crippen LogP contribution is -2.16. The average Bonchev–Trinajstić information content (AvgIpc) is 2.42. The number of benzene rings is 2. The first kappa shape index (κ1) is 16.7. The molecule has 0 atom stereocenters. The predicted molar refractivity (Wildman–Crippen MR) is 93.2 cm³/mol. The number of halogens is 1. The van der Waals surface area contributed by atoms with Gasteiger partial charge in [0, 0.05) is 15.2 Å². The molecule has 0 aliphatic carbocycles. The maximum Gasteiger partial charge on any atom is 0.273 e. The lowest BCUT2D eigenvalue weighted by Gasteiger charge is -2.11. The normalized spacial score (nSPS) is 11.2. The van der Waals surface area contributed by atoms with E-state index in [9.17, 15) is 18.5 Å². The van der Waals surface area contributed by atoms with E-state index >= 15 is 0 Å². The van der Waals surface area contributed by atoms with Crippen molar-refractivity contribution < 1.29 is 13.3 Å². The van der Waals surface area contributed by atoms with Crippen LogP contribution in [0.2, 0.25) is 0 Å². The average molecular weight is 432 g/mol. The molecule has 2 aromatic rings. The van der Waals surface area contributed by atoms with E-state index in [0.29, 0.717) is 5.69 Å². The fraction of sp³-hybridized carbons (Fsp3) is 0.143.